The van der Waals surface area contributed by atoms with Crippen molar-refractivity contribution in [3.8, 4) is 32.8 Å². The number of aryl methyl sites for hydroxylation is 2. The molecule has 0 nitrogen and oxygen atoms in total. The van der Waals surface area contributed by atoms with Crippen LogP contribution < -0.4 is 0 Å². The van der Waals surface area contributed by atoms with E-state index in [2.05, 4.69) is 74.0 Å². The van der Waals surface area contributed by atoms with E-state index in [-0.39, 0.29) is 0 Å². The summed E-state index contributed by atoms with van der Waals surface area (Å²) in [5, 5.41) is 3.09. The number of benzene rings is 2. The van der Waals surface area contributed by atoms with Crippen LogP contribution in [0.5, 0.6) is 0 Å². The smallest absolute Gasteiger partial charge is 0.00203 e. The van der Waals surface area contributed by atoms with Gasteiger partial charge in [0.05, 0.1) is 0 Å². The molecule has 2 aromatic carbocycles. The summed E-state index contributed by atoms with van der Waals surface area (Å²) in [6, 6.07) is 18.3. The fourth-order valence-electron chi connectivity index (χ4n) is 4.16. The fourth-order valence-corrected chi connectivity index (χ4v) is 6.57. The first-order valence-electron chi connectivity index (χ1n) is 8.77. The summed E-state index contributed by atoms with van der Waals surface area (Å²) < 4.78 is 0. The van der Waals surface area contributed by atoms with E-state index >= 15 is 0 Å². The van der Waals surface area contributed by atoms with E-state index in [4.69, 9.17) is 0 Å². The molecule has 0 saturated heterocycles. The molecule has 2 atom stereocenters. The van der Waals surface area contributed by atoms with Crippen LogP contribution in [-0.4, -0.2) is 0 Å². The van der Waals surface area contributed by atoms with E-state index in [1.54, 1.807) is 10.9 Å². The lowest BCUT2D eigenvalue weighted by Gasteiger charge is -2.16. The number of hydrogen-bond acceptors (Lipinski definition) is 0. The number of hydrogen-bond donors (Lipinski definition) is 0. The van der Waals surface area contributed by atoms with Crippen LogP contribution in [0.15, 0.2) is 60.1 Å². The molecule has 5 rings (SSSR count). The van der Waals surface area contributed by atoms with Crippen molar-refractivity contribution in [3.05, 3.63) is 82.4 Å². The maximum atomic E-state index is 2.39. The monoisotopic (exact) mass is 358 g/mol. The van der Waals surface area contributed by atoms with Crippen LogP contribution in [0.3, 0.4) is 0 Å². The Morgan fingerprint density at radius 1 is 0.680 bits per heavy atom. The molecule has 1 aliphatic carbocycles. The van der Waals surface area contributed by atoms with E-state index in [0.717, 1.165) is 22.8 Å². The zero-order chi connectivity index (χ0) is 17.0. The van der Waals surface area contributed by atoms with E-state index < -0.39 is 0 Å². The van der Waals surface area contributed by atoms with E-state index in [1.807, 2.05) is 0 Å². The van der Waals surface area contributed by atoms with Gasteiger partial charge in [-0.3, -0.25) is 0 Å². The molecule has 122 valence electrons. The number of fused-ring (bicyclic) bond motifs is 3. The van der Waals surface area contributed by atoms with Crippen LogP contribution in [0.1, 0.15) is 22.3 Å². The minimum absolute atomic E-state index is 0.791. The Kier molecular flexibility index (Phi) is 3.53. The first-order chi connectivity index (χ1) is 12.2. The summed E-state index contributed by atoms with van der Waals surface area (Å²) >= 11 is 0. The summed E-state index contributed by atoms with van der Waals surface area (Å²) in [5.41, 5.74) is 11.8. The van der Waals surface area contributed by atoms with Crippen molar-refractivity contribution < 1.29 is 0 Å². The summed E-state index contributed by atoms with van der Waals surface area (Å²) in [4.78, 5) is 0. The van der Waals surface area contributed by atoms with Crippen molar-refractivity contribution in [1.82, 2.24) is 0 Å². The average Bonchev–Trinajstić information content (AvgIpc) is 3.32. The Morgan fingerprint density at radius 3 is 2.08 bits per heavy atom. The molecule has 1 aliphatic rings. The largest absolute Gasteiger partial charge is 0.131 e. The molecular formula is C23H20P2. The molecule has 0 amide bonds. The Hall–Kier alpha value is -2.00. The van der Waals surface area contributed by atoms with Gasteiger partial charge in [-0.25, -0.2) is 0 Å². The minimum atomic E-state index is 0.791. The molecule has 0 radical (unpaired) electrons. The summed E-state index contributed by atoms with van der Waals surface area (Å²) in [6.07, 6.45) is 1.07. The highest BCUT2D eigenvalue weighted by Gasteiger charge is 2.25. The second-order valence-corrected chi connectivity index (χ2v) is 9.16. The standard InChI is InChI=1S/C23H20P2/c1-14-9-11-24-22(14)19-8-7-18-17-6-4-3-5-16(17)13-20(18)21(19)23-15(2)10-12-25-23/h3-12,24-25H,13H2,1-2H3. The van der Waals surface area contributed by atoms with Crippen molar-refractivity contribution in [1.29, 1.82) is 0 Å². The Morgan fingerprint density at radius 2 is 1.36 bits per heavy atom. The highest BCUT2D eigenvalue weighted by atomic mass is 31.0. The lowest BCUT2D eigenvalue weighted by atomic mass is 9.92. The Balaban J connectivity index is 1.85. The zero-order valence-electron chi connectivity index (χ0n) is 14.5. The van der Waals surface area contributed by atoms with Crippen LogP contribution in [0, 0.1) is 13.8 Å². The number of rotatable bonds is 2. The van der Waals surface area contributed by atoms with Gasteiger partial charge >= 0.3 is 0 Å². The molecule has 0 saturated carbocycles. The van der Waals surface area contributed by atoms with Crippen LogP contribution in [-0.2, 0) is 6.42 Å². The van der Waals surface area contributed by atoms with Gasteiger partial charge in [0.25, 0.3) is 0 Å². The Bertz CT molecular complexity index is 1090. The zero-order valence-corrected chi connectivity index (χ0v) is 16.5. The molecule has 2 heteroatoms. The topological polar surface area (TPSA) is 0 Å². The van der Waals surface area contributed by atoms with E-state index in [9.17, 15) is 0 Å². The van der Waals surface area contributed by atoms with Gasteiger partial charge in [0, 0.05) is 10.6 Å². The lowest BCUT2D eigenvalue weighted by molar-refractivity contribution is 1.26. The van der Waals surface area contributed by atoms with Crippen molar-refractivity contribution in [2.24, 2.45) is 0 Å². The van der Waals surface area contributed by atoms with Gasteiger partial charge in [0.2, 0.25) is 0 Å². The third-order valence-corrected chi connectivity index (χ3v) is 7.97. The second-order valence-electron chi connectivity index (χ2n) is 6.92. The maximum Gasteiger partial charge on any atom is 0.00203 e. The third kappa shape index (κ3) is 2.29. The second kappa shape index (κ2) is 5.77. The maximum absolute atomic E-state index is 2.39. The molecule has 0 aliphatic heterocycles. The van der Waals surface area contributed by atoms with Crippen molar-refractivity contribution in [2.75, 3.05) is 0 Å². The molecule has 0 N–H and O–H groups in total. The van der Waals surface area contributed by atoms with Crippen molar-refractivity contribution >= 4 is 16.4 Å². The van der Waals surface area contributed by atoms with E-state index in [1.165, 1.54) is 44.2 Å². The lowest BCUT2D eigenvalue weighted by Crippen LogP contribution is -1.92. The van der Waals surface area contributed by atoms with Gasteiger partial charge in [0.1, 0.15) is 0 Å². The predicted molar refractivity (Wildman–Crippen MR) is 114 cm³/mol. The highest BCUT2D eigenvalue weighted by Crippen LogP contribution is 2.50. The van der Waals surface area contributed by atoms with Gasteiger partial charge in [-0.1, -0.05) is 48.5 Å². The fraction of sp³-hybridized carbons (Fsp3) is 0.130. The molecule has 0 fully saturated rings. The van der Waals surface area contributed by atoms with Gasteiger partial charge in [0.15, 0.2) is 0 Å². The SMILES string of the molecule is Cc1cc[pH]c1-c1ccc2c(c1-c1[pH]ccc1C)Cc1ccccc1-2. The van der Waals surface area contributed by atoms with E-state index in [0.29, 0.717) is 0 Å². The van der Waals surface area contributed by atoms with Crippen LogP contribution in [0.4, 0.5) is 0 Å². The highest BCUT2D eigenvalue weighted by molar-refractivity contribution is 7.34. The molecule has 0 spiro atoms. The molecule has 4 aromatic rings. The predicted octanol–water partition coefficient (Wildman–Crippen LogP) is 7.27. The van der Waals surface area contributed by atoms with Gasteiger partial charge in [-0.2, -0.15) is 0 Å². The van der Waals surface area contributed by atoms with Crippen LogP contribution >= 0.6 is 16.4 Å². The molecule has 25 heavy (non-hydrogen) atoms. The Labute approximate surface area is 152 Å². The first-order valence-corrected chi connectivity index (χ1v) is 10.9. The van der Waals surface area contributed by atoms with Gasteiger partial charge in [-0.15, -0.1) is 16.4 Å². The first kappa shape index (κ1) is 15.3. The minimum Gasteiger partial charge on any atom is -0.131 e. The average molecular weight is 358 g/mol. The van der Waals surface area contributed by atoms with Gasteiger partial charge in [-0.05, 0) is 76.4 Å². The summed E-state index contributed by atoms with van der Waals surface area (Å²) in [7, 11) is 1.59. The third-order valence-electron chi connectivity index (χ3n) is 5.42. The summed E-state index contributed by atoms with van der Waals surface area (Å²) in [6.45, 7) is 4.53. The summed E-state index contributed by atoms with van der Waals surface area (Å²) in [5.74, 6) is 4.67. The van der Waals surface area contributed by atoms with Crippen LogP contribution in [0.2, 0.25) is 0 Å². The molecule has 2 unspecified atom stereocenters. The molecular weight excluding hydrogens is 338 g/mol. The molecule has 2 aromatic heterocycles. The van der Waals surface area contributed by atoms with Crippen LogP contribution in [0.25, 0.3) is 32.8 Å². The molecule has 0 bridgehead atoms. The van der Waals surface area contributed by atoms with Crippen molar-refractivity contribution in [3.63, 3.8) is 0 Å². The normalized spacial score (nSPS) is 12.9. The molecule has 2 heterocycles. The quantitative estimate of drug-likeness (QED) is 0.311. The van der Waals surface area contributed by atoms with Crippen molar-refractivity contribution in [2.45, 2.75) is 20.3 Å². The van der Waals surface area contributed by atoms with Gasteiger partial charge < -0.3 is 0 Å².